The summed E-state index contributed by atoms with van der Waals surface area (Å²) in [7, 11) is 3.13. The van der Waals surface area contributed by atoms with Crippen molar-refractivity contribution in [3.63, 3.8) is 0 Å². The van der Waals surface area contributed by atoms with Crippen molar-refractivity contribution in [3.8, 4) is 11.5 Å². The molecule has 1 amide bonds. The van der Waals surface area contributed by atoms with Crippen molar-refractivity contribution in [2.75, 3.05) is 19.5 Å². The summed E-state index contributed by atoms with van der Waals surface area (Å²) in [5.74, 6) is 0.861. The van der Waals surface area contributed by atoms with Gasteiger partial charge in [0.1, 0.15) is 6.54 Å². The fourth-order valence-electron chi connectivity index (χ4n) is 3.48. The van der Waals surface area contributed by atoms with Gasteiger partial charge in [0.15, 0.2) is 16.6 Å². The first-order chi connectivity index (χ1) is 14.5. The molecule has 0 bridgehead atoms. The Morgan fingerprint density at radius 2 is 1.77 bits per heavy atom. The van der Waals surface area contributed by atoms with Crippen LogP contribution in [0.3, 0.4) is 0 Å². The van der Waals surface area contributed by atoms with E-state index in [0.29, 0.717) is 28.7 Å². The lowest BCUT2D eigenvalue weighted by Gasteiger charge is -2.05. The number of thiazole rings is 1. The molecule has 156 valence electrons. The number of rotatable bonds is 7. The van der Waals surface area contributed by atoms with Gasteiger partial charge in [0.05, 0.1) is 35.5 Å². The summed E-state index contributed by atoms with van der Waals surface area (Å²) in [6.07, 6.45) is 0.832. The Kier molecular flexibility index (Phi) is 5.45. The number of ether oxygens (including phenoxy) is 2. The van der Waals surface area contributed by atoms with Gasteiger partial charge in [0.25, 0.3) is 0 Å². The van der Waals surface area contributed by atoms with Crippen LogP contribution in [0.4, 0.5) is 5.13 Å². The molecule has 0 fully saturated rings. The average molecular weight is 426 g/mol. The van der Waals surface area contributed by atoms with Crippen LogP contribution >= 0.6 is 11.3 Å². The van der Waals surface area contributed by atoms with E-state index >= 15 is 0 Å². The van der Waals surface area contributed by atoms with Crippen LogP contribution in [0.2, 0.25) is 0 Å². The zero-order valence-electron chi connectivity index (χ0n) is 17.0. The lowest BCUT2D eigenvalue weighted by Crippen LogP contribution is -2.29. The molecule has 0 aliphatic heterocycles. The van der Waals surface area contributed by atoms with Crippen molar-refractivity contribution in [1.29, 1.82) is 0 Å². The van der Waals surface area contributed by atoms with Crippen LogP contribution in [-0.4, -0.2) is 34.2 Å². The van der Waals surface area contributed by atoms with Crippen LogP contribution in [-0.2, 0) is 17.9 Å². The molecule has 2 aromatic heterocycles. The van der Waals surface area contributed by atoms with Gasteiger partial charge in [-0.3, -0.25) is 13.9 Å². The molecular weight excluding hydrogens is 404 g/mol. The van der Waals surface area contributed by atoms with E-state index in [-0.39, 0.29) is 18.1 Å². The van der Waals surface area contributed by atoms with Crippen LogP contribution in [0.25, 0.3) is 21.3 Å². The average Bonchev–Trinajstić information content (AvgIpc) is 3.25. The van der Waals surface area contributed by atoms with E-state index in [0.717, 1.165) is 22.2 Å². The van der Waals surface area contributed by atoms with E-state index < -0.39 is 0 Å². The van der Waals surface area contributed by atoms with E-state index in [1.807, 2.05) is 37.3 Å². The second-order valence-corrected chi connectivity index (χ2v) is 7.78. The molecule has 2 aromatic carbocycles. The van der Waals surface area contributed by atoms with Crippen LogP contribution < -0.4 is 20.5 Å². The Bertz CT molecular complexity index is 1250. The number of methoxy groups -OCH3 is 2. The molecule has 0 atom stereocenters. The van der Waals surface area contributed by atoms with Crippen molar-refractivity contribution in [2.24, 2.45) is 0 Å². The van der Waals surface area contributed by atoms with Gasteiger partial charge >= 0.3 is 5.69 Å². The number of fused-ring (bicyclic) bond motifs is 2. The molecule has 0 aliphatic carbocycles. The van der Waals surface area contributed by atoms with Gasteiger partial charge in [-0.2, -0.15) is 0 Å². The predicted molar refractivity (Wildman–Crippen MR) is 118 cm³/mol. The number of para-hydroxylation sites is 2. The van der Waals surface area contributed by atoms with Gasteiger partial charge in [0.2, 0.25) is 5.91 Å². The maximum atomic E-state index is 12.9. The number of carbonyl (C=O) groups excluding carboxylic acids is 1. The zero-order valence-corrected chi connectivity index (χ0v) is 17.8. The lowest BCUT2D eigenvalue weighted by atomic mass is 10.3. The molecule has 0 unspecified atom stereocenters. The van der Waals surface area contributed by atoms with E-state index in [1.54, 1.807) is 24.9 Å². The van der Waals surface area contributed by atoms with Gasteiger partial charge < -0.3 is 14.8 Å². The highest BCUT2D eigenvalue weighted by molar-refractivity contribution is 7.22. The van der Waals surface area contributed by atoms with Crippen LogP contribution in [0.5, 0.6) is 11.5 Å². The minimum absolute atomic E-state index is 0.0847. The molecule has 2 heterocycles. The van der Waals surface area contributed by atoms with E-state index in [9.17, 15) is 9.59 Å². The third-order valence-electron chi connectivity index (χ3n) is 4.81. The maximum absolute atomic E-state index is 12.9. The molecule has 4 aromatic rings. The summed E-state index contributed by atoms with van der Waals surface area (Å²) in [6.45, 7) is 2.54. The monoisotopic (exact) mass is 426 g/mol. The molecule has 0 saturated heterocycles. The minimum Gasteiger partial charge on any atom is -0.493 e. The highest BCUT2D eigenvalue weighted by Crippen LogP contribution is 2.36. The molecule has 8 nitrogen and oxygen atoms in total. The number of nitrogens with one attached hydrogen (secondary N) is 1. The van der Waals surface area contributed by atoms with Crippen LogP contribution in [0.1, 0.15) is 13.3 Å². The molecule has 1 N–H and O–H groups in total. The number of anilines is 1. The second kappa shape index (κ2) is 8.19. The first kappa shape index (κ1) is 20.0. The van der Waals surface area contributed by atoms with Gasteiger partial charge in [-0.1, -0.05) is 30.4 Å². The summed E-state index contributed by atoms with van der Waals surface area (Å²) >= 11 is 1.33. The Hall–Kier alpha value is -3.33. The summed E-state index contributed by atoms with van der Waals surface area (Å²) < 4.78 is 14.7. The van der Waals surface area contributed by atoms with Crippen LogP contribution in [0, 0.1) is 0 Å². The molecule has 0 spiro atoms. The topological polar surface area (TPSA) is 87.4 Å². The number of amides is 1. The number of carbonyl (C=O) groups is 1. The minimum atomic E-state index is -0.311. The summed E-state index contributed by atoms with van der Waals surface area (Å²) in [4.78, 5) is 30.0. The third-order valence-corrected chi connectivity index (χ3v) is 5.75. The van der Waals surface area contributed by atoms with E-state index in [2.05, 4.69) is 10.3 Å². The number of hydrogen-bond donors (Lipinski definition) is 1. The smallest absolute Gasteiger partial charge is 0.329 e. The Morgan fingerprint density at radius 3 is 2.43 bits per heavy atom. The number of nitrogens with zero attached hydrogens (tertiary/aromatic N) is 3. The first-order valence-corrected chi connectivity index (χ1v) is 10.4. The fraction of sp³-hybridized carbons (Fsp3) is 0.286. The Balaban J connectivity index is 1.61. The Labute approximate surface area is 176 Å². The molecule has 0 aliphatic rings. The number of imidazole rings is 1. The zero-order chi connectivity index (χ0) is 21.3. The highest BCUT2D eigenvalue weighted by Gasteiger charge is 2.17. The van der Waals surface area contributed by atoms with Gasteiger partial charge in [-0.15, -0.1) is 0 Å². The van der Waals surface area contributed by atoms with Crippen molar-refractivity contribution in [2.45, 2.75) is 26.4 Å². The third kappa shape index (κ3) is 3.52. The standard InChI is InChI=1S/C21H22N4O4S/c1-4-9-24-14-7-5-6-8-15(14)25(21(24)27)12-19(26)23-20-22-13-10-16(28-2)17(29-3)11-18(13)30-20/h5-8,10-11H,4,9,12H2,1-3H3,(H,22,23,26). The summed E-state index contributed by atoms with van der Waals surface area (Å²) in [6, 6.07) is 11.1. The van der Waals surface area contributed by atoms with Crippen LogP contribution in [0.15, 0.2) is 41.2 Å². The molecule has 9 heteroatoms. The quantitative estimate of drug-likeness (QED) is 0.489. The molecule has 30 heavy (non-hydrogen) atoms. The predicted octanol–water partition coefficient (Wildman–Crippen LogP) is 3.48. The maximum Gasteiger partial charge on any atom is 0.329 e. The number of aromatic nitrogens is 3. The van der Waals surface area contributed by atoms with Gasteiger partial charge in [0, 0.05) is 18.7 Å². The fourth-order valence-corrected chi connectivity index (χ4v) is 4.37. The molecule has 0 saturated carbocycles. The molecule has 0 radical (unpaired) electrons. The molecular formula is C21H22N4O4S. The normalized spacial score (nSPS) is 11.2. The van der Waals surface area contributed by atoms with Crippen molar-refractivity contribution < 1.29 is 14.3 Å². The van der Waals surface area contributed by atoms with E-state index in [4.69, 9.17) is 9.47 Å². The Morgan fingerprint density at radius 1 is 1.10 bits per heavy atom. The second-order valence-electron chi connectivity index (χ2n) is 6.75. The van der Waals surface area contributed by atoms with Crippen molar-refractivity contribution in [3.05, 3.63) is 46.9 Å². The van der Waals surface area contributed by atoms with E-state index in [1.165, 1.54) is 15.9 Å². The SMILES string of the molecule is CCCn1c(=O)n(CC(=O)Nc2nc3cc(OC)c(OC)cc3s2)c2ccccc21. The summed E-state index contributed by atoms with van der Waals surface area (Å²) in [5, 5.41) is 3.26. The van der Waals surface area contributed by atoms with Crippen molar-refractivity contribution in [1.82, 2.24) is 14.1 Å². The largest absolute Gasteiger partial charge is 0.493 e. The lowest BCUT2D eigenvalue weighted by molar-refractivity contribution is -0.116. The first-order valence-electron chi connectivity index (χ1n) is 9.56. The van der Waals surface area contributed by atoms with Crippen molar-refractivity contribution >= 4 is 43.6 Å². The molecule has 4 rings (SSSR count). The number of aryl methyl sites for hydroxylation is 1. The number of benzene rings is 2. The highest BCUT2D eigenvalue weighted by atomic mass is 32.1. The number of hydrogen-bond acceptors (Lipinski definition) is 6. The summed E-state index contributed by atoms with van der Waals surface area (Å²) in [5.41, 5.74) is 2.08. The van der Waals surface area contributed by atoms with Gasteiger partial charge in [-0.05, 0) is 18.6 Å². The van der Waals surface area contributed by atoms with Gasteiger partial charge in [-0.25, -0.2) is 9.78 Å².